The summed E-state index contributed by atoms with van der Waals surface area (Å²) in [4.78, 5) is 33.2. The molecule has 3 aliphatic heterocycles. The molecule has 0 spiro atoms. The molecule has 0 N–H and O–H groups in total. The van der Waals surface area contributed by atoms with Crippen LogP contribution in [-0.2, 0) is 24.0 Å². The molecule has 0 radical (unpaired) electrons. The fourth-order valence-electron chi connectivity index (χ4n) is 6.50. The van der Waals surface area contributed by atoms with E-state index in [2.05, 4.69) is 0 Å². The first-order chi connectivity index (χ1) is 21.7. The van der Waals surface area contributed by atoms with Gasteiger partial charge in [0.2, 0.25) is 0 Å². The third-order valence-corrected chi connectivity index (χ3v) is 8.81. The average molecular weight is 643 g/mol. The van der Waals surface area contributed by atoms with Crippen LogP contribution in [0.2, 0.25) is 0 Å². The molecular weight excluding hydrogens is 604 g/mol. The summed E-state index contributed by atoms with van der Waals surface area (Å²) in [6.45, 7) is 8.96. The summed E-state index contributed by atoms with van der Waals surface area (Å²) in [6.07, 6.45) is -2.05. The number of hydrogen-bond donors (Lipinski definition) is 0. The highest BCUT2D eigenvalue weighted by atomic mass is 19.4. The molecule has 2 saturated heterocycles. The minimum Gasteiger partial charge on any atom is -0.444 e. The smallest absolute Gasteiger partial charge is 0.416 e. The molecule has 13 heteroatoms. The van der Waals surface area contributed by atoms with Crippen LogP contribution in [0.4, 0.5) is 38.7 Å². The highest BCUT2D eigenvalue weighted by Crippen LogP contribution is 2.38. The second-order valence-electron chi connectivity index (χ2n) is 13.3. The van der Waals surface area contributed by atoms with Crippen molar-refractivity contribution in [2.24, 2.45) is 0 Å². The Bertz CT molecular complexity index is 1600. The molecule has 6 rings (SSSR count). The van der Waals surface area contributed by atoms with E-state index in [4.69, 9.17) is 9.84 Å². The number of halogens is 4. The lowest BCUT2D eigenvalue weighted by Crippen LogP contribution is -2.54. The molecule has 0 unspecified atom stereocenters. The van der Waals surface area contributed by atoms with Gasteiger partial charge in [-0.15, -0.1) is 0 Å². The molecule has 2 aromatic carbocycles. The molecule has 3 aliphatic rings. The van der Waals surface area contributed by atoms with E-state index in [1.807, 2.05) is 24.1 Å². The van der Waals surface area contributed by atoms with Gasteiger partial charge in [0.05, 0.1) is 30.4 Å². The molecule has 0 atom stereocenters. The summed E-state index contributed by atoms with van der Waals surface area (Å²) in [5, 5.41) is 4.70. The first-order valence-corrected chi connectivity index (χ1v) is 15.5. The number of hydrogen-bond acceptors (Lipinski definition) is 5. The first-order valence-electron chi connectivity index (χ1n) is 15.5. The normalized spacial score (nSPS) is 18.1. The Morgan fingerprint density at radius 3 is 2.35 bits per heavy atom. The van der Waals surface area contributed by atoms with Gasteiger partial charge in [-0.3, -0.25) is 9.58 Å². The van der Waals surface area contributed by atoms with Gasteiger partial charge in [-0.05, 0) is 63.8 Å². The molecule has 3 aromatic rings. The summed E-state index contributed by atoms with van der Waals surface area (Å²) >= 11 is 0. The van der Waals surface area contributed by atoms with Crippen molar-refractivity contribution in [3.63, 3.8) is 0 Å². The fourth-order valence-corrected chi connectivity index (χ4v) is 6.50. The number of likely N-dealkylation sites (tertiary alicyclic amines) is 1. The molecule has 4 heterocycles. The number of fused-ring (bicyclic) bond motifs is 1. The number of rotatable bonds is 5. The predicted molar refractivity (Wildman–Crippen MR) is 164 cm³/mol. The Balaban J connectivity index is 1.25. The van der Waals surface area contributed by atoms with E-state index in [1.54, 1.807) is 41.3 Å². The molecular formula is C33H38F4N6O3. The van der Waals surface area contributed by atoms with Crippen molar-refractivity contribution in [3.05, 3.63) is 76.7 Å². The van der Waals surface area contributed by atoms with Crippen LogP contribution in [0.5, 0.6) is 0 Å². The van der Waals surface area contributed by atoms with Crippen LogP contribution in [-0.4, -0.2) is 69.5 Å². The zero-order valence-electron chi connectivity index (χ0n) is 26.4. The van der Waals surface area contributed by atoms with E-state index >= 15 is 0 Å². The predicted octanol–water partition coefficient (Wildman–Crippen LogP) is 6.75. The second kappa shape index (κ2) is 11.8. The van der Waals surface area contributed by atoms with E-state index in [-0.39, 0.29) is 36.6 Å². The quantitative estimate of drug-likeness (QED) is 0.288. The number of aromatic nitrogens is 2. The Morgan fingerprint density at radius 1 is 1.00 bits per heavy atom. The van der Waals surface area contributed by atoms with Crippen molar-refractivity contribution in [1.82, 2.24) is 19.6 Å². The number of amides is 3. The van der Waals surface area contributed by atoms with E-state index in [0.717, 1.165) is 11.6 Å². The maximum absolute atomic E-state index is 14.7. The monoisotopic (exact) mass is 642 g/mol. The van der Waals surface area contributed by atoms with Crippen LogP contribution >= 0.6 is 0 Å². The van der Waals surface area contributed by atoms with Gasteiger partial charge in [0.25, 0.3) is 0 Å². The topological polar surface area (TPSA) is 74.2 Å². The second-order valence-corrected chi connectivity index (χ2v) is 13.3. The lowest BCUT2D eigenvalue weighted by atomic mass is 10.00. The fraction of sp³-hybridized carbons (Fsp3) is 0.485. The third-order valence-electron chi connectivity index (χ3n) is 8.81. The molecule has 3 amide bonds. The Kier molecular flexibility index (Phi) is 8.14. The minimum atomic E-state index is -4.59. The van der Waals surface area contributed by atoms with Gasteiger partial charge in [0.1, 0.15) is 11.4 Å². The number of alkyl halides is 3. The zero-order valence-corrected chi connectivity index (χ0v) is 26.4. The van der Waals surface area contributed by atoms with Crippen molar-refractivity contribution in [1.29, 1.82) is 0 Å². The van der Waals surface area contributed by atoms with Gasteiger partial charge in [-0.25, -0.2) is 14.0 Å². The number of carbonyl (C=O) groups is 2. The molecule has 0 bridgehead atoms. The van der Waals surface area contributed by atoms with Gasteiger partial charge in [0, 0.05) is 44.0 Å². The third kappa shape index (κ3) is 6.23. The number of para-hydroxylation sites is 1. The summed E-state index contributed by atoms with van der Waals surface area (Å²) in [7, 11) is 0. The van der Waals surface area contributed by atoms with Crippen molar-refractivity contribution in [3.8, 4) is 0 Å². The van der Waals surface area contributed by atoms with Crippen molar-refractivity contribution in [2.45, 2.75) is 77.5 Å². The first kappa shape index (κ1) is 31.7. The molecule has 0 aliphatic carbocycles. The molecule has 46 heavy (non-hydrogen) atoms. The average Bonchev–Trinajstić information content (AvgIpc) is 3.36. The van der Waals surface area contributed by atoms with Crippen molar-refractivity contribution >= 4 is 23.6 Å². The molecule has 2 fully saturated rings. The number of piperidine rings is 1. The Hall–Kier alpha value is -4.29. The standard InChI is InChI=1S/C33H38F4N6O3/c1-21-8-7-11-27(34)28(21)39-14-12-24(13-15-39)41-17-23-18-43(25-19-40(20-25)31(45)46-32(2,3)4)38-29(23)42(30(41)44)16-22-9-5-6-10-26(22)33(35,36)37/h5-11,18,24-25H,12-17,19-20H2,1-4H3. The van der Waals surface area contributed by atoms with Crippen molar-refractivity contribution < 1.29 is 31.9 Å². The molecule has 1 aromatic heterocycles. The van der Waals surface area contributed by atoms with Crippen LogP contribution in [0.15, 0.2) is 48.7 Å². The number of anilines is 2. The van der Waals surface area contributed by atoms with Gasteiger partial charge in [-0.1, -0.05) is 30.3 Å². The van der Waals surface area contributed by atoms with E-state index in [0.29, 0.717) is 56.1 Å². The summed E-state index contributed by atoms with van der Waals surface area (Å²) in [6, 6.07) is 9.44. The van der Waals surface area contributed by atoms with Crippen LogP contribution in [0.3, 0.4) is 0 Å². The number of benzene rings is 2. The summed E-state index contributed by atoms with van der Waals surface area (Å²) < 4.78 is 63.7. The SMILES string of the molecule is Cc1cccc(F)c1N1CCC(N2Cc3cn(C4CN(C(=O)OC(C)(C)C)C4)nc3N(Cc3ccccc3C(F)(F)F)C2=O)CC1. The van der Waals surface area contributed by atoms with Crippen LogP contribution in [0.25, 0.3) is 0 Å². The van der Waals surface area contributed by atoms with Gasteiger partial charge in [-0.2, -0.15) is 18.3 Å². The van der Waals surface area contributed by atoms with Crippen molar-refractivity contribution in [2.75, 3.05) is 36.0 Å². The van der Waals surface area contributed by atoms with E-state index in [1.165, 1.54) is 29.2 Å². The lowest BCUT2D eigenvalue weighted by molar-refractivity contribution is -0.138. The van der Waals surface area contributed by atoms with Gasteiger partial charge < -0.3 is 19.4 Å². The van der Waals surface area contributed by atoms with Crippen LogP contribution < -0.4 is 9.80 Å². The maximum atomic E-state index is 14.7. The van der Waals surface area contributed by atoms with Crippen LogP contribution in [0, 0.1) is 12.7 Å². The molecule has 9 nitrogen and oxygen atoms in total. The summed E-state index contributed by atoms with van der Waals surface area (Å²) in [5.41, 5.74) is 0.638. The highest BCUT2D eigenvalue weighted by Gasteiger charge is 2.42. The van der Waals surface area contributed by atoms with E-state index < -0.39 is 29.5 Å². The number of carbonyl (C=O) groups excluding carboxylic acids is 2. The Labute approximate surface area is 265 Å². The van der Waals surface area contributed by atoms with E-state index in [9.17, 15) is 27.2 Å². The lowest BCUT2D eigenvalue weighted by Gasteiger charge is -2.43. The molecule has 246 valence electrons. The summed E-state index contributed by atoms with van der Waals surface area (Å²) in [5.74, 6) is 0.0219. The maximum Gasteiger partial charge on any atom is 0.416 e. The number of aryl methyl sites for hydroxylation is 1. The minimum absolute atomic E-state index is 0.0321. The van der Waals surface area contributed by atoms with Crippen LogP contribution in [0.1, 0.15) is 61.9 Å². The zero-order chi connectivity index (χ0) is 33.0. The highest BCUT2D eigenvalue weighted by molar-refractivity contribution is 5.94. The van der Waals surface area contributed by atoms with Gasteiger partial charge >= 0.3 is 18.3 Å². The Morgan fingerprint density at radius 2 is 1.70 bits per heavy atom. The number of nitrogens with zero attached hydrogens (tertiary/aromatic N) is 6. The largest absolute Gasteiger partial charge is 0.444 e. The molecule has 0 saturated carbocycles. The van der Waals surface area contributed by atoms with Gasteiger partial charge in [0.15, 0.2) is 5.82 Å². The number of urea groups is 1. The number of ether oxygens (including phenoxy) is 1.